The molecule has 1 spiro atoms. The lowest BCUT2D eigenvalue weighted by molar-refractivity contribution is 0.794. The lowest BCUT2D eigenvalue weighted by atomic mass is 9.70. The zero-order chi connectivity index (χ0) is 31.0. The van der Waals surface area contributed by atoms with Crippen LogP contribution in [0, 0.1) is 0 Å². The number of nitrogens with zero attached hydrogens (tertiary/aromatic N) is 2. The van der Waals surface area contributed by atoms with Gasteiger partial charge in [-0.15, -0.1) is 0 Å². The van der Waals surface area contributed by atoms with Crippen LogP contribution in [0.1, 0.15) is 22.3 Å². The van der Waals surface area contributed by atoms with E-state index in [2.05, 4.69) is 146 Å². The highest BCUT2D eigenvalue weighted by molar-refractivity contribution is 6.02. The molecule has 0 radical (unpaired) electrons. The Morgan fingerprint density at radius 3 is 1.57 bits per heavy atom. The van der Waals surface area contributed by atoms with E-state index in [-0.39, 0.29) is 5.41 Å². The normalized spacial score (nSPS) is 13.3. The Labute approximate surface area is 273 Å². The third kappa shape index (κ3) is 3.61. The molecule has 218 valence electrons. The van der Waals surface area contributed by atoms with Crippen LogP contribution in [0.4, 0.5) is 0 Å². The first-order valence-electron chi connectivity index (χ1n) is 16.2. The molecule has 10 rings (SSSR count). The molecule has 47 heavy (non-hydrogen) atoms. The van der Waals surface area contributed by atoms with Crippen molar-refractivity contribution < 1.29 is 0 Å². The number of rotatable bonds is 3. The van der Waals surface area contributed by atoms with Crippen LogP contribution >= 0.6 is 0 Å². The molecule has 7 aromatic carbocycles. The molecule has 2 heteroatoms. The van der Waals surface area contributed by atoms with Crippen LogP contribution in [0.25, 0.3) is 66.9 Å². The van der Waals surface area contributed by atoms with Gasteiger partial charge in [0.25, 0.3) is 0 Å². The van der Waals surface area contributed by atoms with Crippen LogP contribution in [0.15, 0.2) is 170 Å². The summed E-state index contributed by atoms with van der Waals surface area (Å²) in [6.45, 7) is 0. The molecule has 8 aromatic rings. The van der Waals surface area contributed by atoms with E-state index in [0.29, 0.717) is 0 Å². The lowest BCUT2D eigenvalue weighted by Crippen LogP contribution is -2.25. The molecule has 0 unspecified atom stereocenters. The zero-order valence-electron chi connectivity index (χ0n) is 25.6. The van der Waals surface area contributed by atoms with E-state index in [1.165, 1.54) is 50.1 Å². The van der Waals surface area contributed by atoms with E-state index >= 15 is 0 Å². The van der Waals surface area contributed by atoms with Gasteiger partial charge in [-0.05, 0) is 67.8 Å². The summed E-state index contributed by atoms with van der Waals surface area (Å²) in [7, 11) is 0. The molecular weight excluding hydrogens is 569 g/mol. The standard InChI is InChI=1S/C45H28N2/c1-3-14-29(15-4-1)43-36-27-26-31(28-41(36)46-44(47-43)30-16-5-2-6-17-30)32-21-13-25-40-42(32)35-20-9-12-24-39(35)45(40)37-22-10-7-18-33(37)34-19-8-11-23-38(34)45/h1-28H. The number of aromatic nitrogens is 2. The maximum Gasteiger partial charge on any atom is 0.160 e. The first-order chi connectivity index (χ1) is 23.3. The summed E-state index contributed by atoms with van der Waals surface area (Å²) in [5.74, 6) is 0.732. The summed E-state index contributed by atoms with van der Waals surface area (Å²) in [4.78, 5) is 10.3. The maximum absolute atomic E-state index is 5.17. The number of hydrogen-bond acceptors (Lipinski definition) is 2. The van der Waals surface area contributed by atoms with Gasteiger partial charge in [-0.3, -0.25) is 0 Å². The number of fused-ring (bicyclic) bond motifs is 11. The average Bonchev–Trinajstić information content (AvgIpc) is 3.62. The topological polar surface area (TPSA) is 25.8 Å². The fourth-order valence-corrected chi connectivity index (χ4v) is 8.21. The number of hydrogen-bond donors (Lipinski definition) is 0. The van der Waals surface area contributed by atoms with Gasteiger partial charge in [0.1, 0.15) is 0 Å². The summed E-state index contributed by atoms with van der Waals surface area (Å²) < 4.78 is 0. The predicted octanol–water partition coefficient (Wildman–Crippen LogP) is 11.0. The van der Waals surface area contributed by atoms with Crippen LogP contribution in [0.2, 0.25) is 0 Å². The van der Waals surface area contributed by atoms with Crippen LogP contribution in [-0.2, 0) is 5.41 Å². The van der Waals surface area contributed by atoms with Crippen molar-refractivity contribution in [3.63, 3.8) is 0 Å². The second-order valence-electron chi connectivity index (χ2n) is 12.5. The summed E-state index contributed by atoms with van der Waals surface area (Å²) in [5.41, 5.74) is 16.6. The zero-order valence-corrected chi connectivity index (χ0v) is 25.6. The minimum absolute atomic E-state index is 0.366. The predicted molar refractivity (Wildman–Crippen MR) is 192 cm³/mol. The Balaban J connectivity index is 1.25. The van der Waals surface area contributed by atoms with Gasteiger partial charge in [0.05, 0.1) is 16.6 Å². The quantitative estimate of drug-likeness (QED) is 0.203. The highest BCUT2D eigenvalue weighted by Gasteiger charge is 2.51. The molecule has 0 bridgehead atoms. The van der Waals surface area contributed by atoms with Crippen LogP contribution in [0.5, 0.6) is 0 Å². The molecule has 2 aliphatic carbocycles. The van der Waals surface area contributed by atoms with Gasteiger partial charge in [-0.2, -0.15) is 0 Å². The molecule has 0 saturated heterocycles. The van der Waals surface area contributed by atoms with Crippen molar-refractivity contribution in [3.8, 4) is 56.0 Å². The maximum atomic E-state index is 5.17. The summed E-state index contributed by atoms with van der Waals surface area (Å²) in [6, 6.07) is 61.2. The van der Waals surface area contributed by atoms with Crippen molar-refractivity contribution >= 4 is 10.9 Å². The first-order valence-corrected chi connectivity index (χ1v) is 16.2. The van der Waals surface area contributed by atoms with Crippen molar-refractivity contribution in [1.29, 1.82) is 0 Å². The molecule has 1 aromatic heterocycles. The second kappa shape index (κ2) is 9.94. The molecule has 0 aliphatic heterocycles. The Morgan fingerprint density at radius 1 is 0.362 bits per heavy atom. The van der Waals surface area contributed by atoms with Crippen molar-refractivity contribution in [3.05, 3.63) is 192 Å². The van der Waals surface area contributed by atoms with Crippen molar-refractivity contribution in [2.24, 2.45) is 0 Å². The first kappa shape index (κ1) is 26.1. The molecule has 0 N–H and O–H groups in total. The SMILES string of the molecule is c1ccc(-c2nc(-c3ccccc3)c3ccc(-c4cccc5c4-c4ccccc4C54c5ccccc5-c5ccccc54)cc3n2)cc1. The molecule has 0 saturated carbocycles. The fraction of sp³-hybridized carbons (Fsp3) is 0.0222. The van der Waals surface area contributed by atoms with Crippen LogP contribution < -0.4 is 0 Å². The van der Waals surface area contributed by atoms with E-state index in [1.54, 1.807) is 0 Å². The molecule has 0 fully saturated rings. The molecular formula is C45H28N2. The lowest BCUT2D eigenvalue weighted by Gasteiger charge is -2.30. The van der Waals surface area contributed by atoms with E-state index in [9.17, 15) is 0 Å². The summed E-state index contributed by atoms with van der Waals surface area (Å²) in [5, 5.41) is 1.04. The fourth-order valence-electron chi connectivity index (χ4n) is 8.21. The monoisotopic (exact) mass is 596 g/mol. The molecule has 2 aliphatic rings. The Bertz CT molecular complexity index is 2470. The highest BCUT2D eigenvalue weighted by atomic mass is 14.9. The van der Waals surface area contributed by atoms with E-state index < -0.39 is 0 Å². The average molecular weight is 597 g/mol. The highest BCUT2D eigenvalue weighted by Crippen LogP contribution is 2.63. The minimum atomic E-state index is -0.366. The van der Waals surface area contributed by atoms with Gasteiger partial charge < -0.3 is 0 Å². The largest absolute Gasteiger partial charge is 0.228 e. The Kier molecular flexibility index (Phi) is 5.53. The van der Waals surface area contributed by atoms with Gasteiger partial charge >= 0.3 is 0 Å². The van der Waals surface area contributed by atoms with E-state index in [0.717, 1.165) is 39.1 Å². The van der Waals surface area contributed by atoms with Crippen molar-refractivity contribution in [1.82, 2.24) is 9.97 Å². The van der Waals surface area contributed by atoms with E-state index in [1.807, 2.05) is 24.3 Å². The van der Waals surface area contributed by atoms with Crippen LogP contribution in [-0.4, -0.2) is 9.97 Å². The molecule has 1 heterocycles. The van der Waals surface area contributed by atoms with E-state index in [4.69, 9.17) is 9.97 Å². The van der Waals surface area contributed by atoms with Gasteiger partial charge in [-0.1, -0.05) is 158 Å². The molecule has 0 amide bonds. The van der Waals surface area contributed by atoms with Crippen molar-refractivity contribution in [2.75, 3.05) is 0 Å². The smallest absolute Gasteiger partial charge is 0.160 e. The van der Waals surface area contributed by atoms with Gasteiger partial charge in [0, 0.05) is 16.5 Å². The number of benzene rings is 7. The van der Waals surface area contributed by atoms with Crippen molar-refractivity contribution in [2.45, 2.75) is 5.41 Å². The van der Waals surface area contributed by atoms with Gasteiger partial charge in [0.15, 0.2) is 5.82 Å². The molecule has 0 atom stereocenters. The summed E-state index contributed by atoms with van der Waals surface area (Å²) in [6.07, 6.45) is 0. The third-order valence-corrected chi connectivity index (χ3v) is 10.1. The molecule has 2 nitrogen and oxygen atoms in total. The van der Waals surface area contributed by atoms with Crippen LogP contribution in [0.3, 0.4) is 0 Å². The van der Waals surface area contributed by atoms with Gasteiger partial charge in [0.2, 0.25) is 0 Å². The minimum Gasteiger partial charge on any atom is -0.228 e. The third-order valence-electron chi connectivity index (χ3n) is 10.1. The van der Waals surface area contributed by atoms with Gasteiger partial charge in [-0.25, -0.2) is 9.97 Å². The summed E-state index contributed by atoms with van der Waals surface area (Å²) >= 11 is 0. The Morgan fingerprint density at radius 2 is 0.894 bits per heavy atom. The second-order valence-corrected chi connectivity index (χ2v) is 12.5. The Hall–Kier alpha value is -6.12.